The summed E-state index contributed by atoms with van der Waals surface area (Å²) in [4.78, 5) is 2.12. The number of anilines is 2. The first kappa shape index (κ1) is 9.21. The van der Waals surface area contributed by atoms with Gasteiger partial charge in [-0.05, 0) is 18.6 Å². The maximum absolute atomic E-state index is 8.99. The van der Waals surface area contributed by atoms with Crippen LogP contribution >= 0.6 is 0 Å². The molecule has 5 heteroatoms. The van der Waals surface area contributed by atoms with E-state index in [2.05, 4.69) is 15.1 Å². The van der Waals surface area contributed by atoms with Gasteiger partial charge in [-0.1, -0.05) is 0 Å². The first-order chi connectivity index (χ1) is 6.79. The van der Waals surface area contributed by atoms with Gasteiger partial charge in [0.1, 0.15) is 5.82 Å². The Morgan fingerprint density at radius 2 is 2.36 bits per heavy atom. The van der Waals surface area contributed by atoms with Gasteiger partial charge in [-0.3, -0.25) is 0 Å². The maximum Gasteiger partial charge on any atom is 0.151 e. The SMILES string of the molecule is Nc1ccc(N2CCC(CO)C2)nn1. The van der Waals surface area contributed by atoms with Gasteiger partial charge in [-0.2, -0.15) is 0 Å². The molecule has 0 spiro atoms. The van der Waals surface area contributed by atoms with Crippen molar-refractivity contribution < 1.29 is 5.11 Å². The standard InChI is InChI=1S/C9H14N4O/c10-8-1-2-9(12-11-8)13-4-3-7(5-13)6-14/h1-2,7,14H,3-6H2,(H2,10,11). The van der Waals surface area contributed by atoms with E-state index in [4.69, 9.17) is 10.8 Å². The fourth-order valence-electron chi connectivity index (χ4n) is 1.69. The number of hydrogen-bond acceptors (Lipinski definition) is 5. The van der Waals surface area contributed by atoms with Crippen molar-refractivity contribution in [2.24, 2.45) is 5.92 Å². The average molecular weight is 194 g/mol. The zero-order valence-electron chi connectivity index (χ0n) is 7.93. The van der Waals surface area contributed by atoms with Gasteiger partial charge in [0.15, 0.2) is 5.82 Å². The Hall–Kier alpha value is -1.36. The Balaban J connectivity index is 2.06. The summed E-state index contributed by atoms with van der Waals surface area (Å²) in [5, 5.41) is 16.8. The van der Waals surface area contributed by atoms with E-state index in [9.17, 15) is 0 Å². The van der Waals surface area contributed by atoms with Crippen molar-refractivity contribution >= 4 is 11.6 Å². The van der Waals surface area contributed by atoms with Gasteiger partial charge >= 0.3 is 0 Å². The largest absolute Gasteiger partial charge is 0.396 e. The Morgan fingerprint density at radius 3 is 2.93 bits per heavy atom. The molecule has 0 bridgehead atoms. The number of hydrogen-bond donors (Lipinski definition) is 2. The highest BCUT2D eigenvalue weighted by Gasteiger charge is 2.22. The lowest BCUT2D eigenvalue weighted by Crippen LogP contribution is -2.22. The molecular weight excluding hydrogens is 180 g/mol. The smallest absolute Gasteiger partial charge is 0.151 e. The average Bonchev–Trinajstić information content (AvgIpc) is 2.67. The molecule has 0 radical (unpaired) electrons. The zero-order valence-corrected chi connectivity index (χ0v) is 7.93. The minimum absolute atomic E-state index is 0.249. The summed E-state index contributed by atoms with van der Waals surface area (Å²) in [6, 6.07) is 3.61. The lowest BCUT2D eigenvalue weighted by molar-refractivity contribution is 0.238. The second-order valence-corrected chi connectivity index (χ2v) is 3.60. The third kappa shape index (κ3) is 1.77. The van der Waals surface area contributed by atoms with Gasteiger partial charge < -0.3 is 15.7 Å². The quantitative estimate of drug-likeness (QED) is 0.686. The number of nitrogen functional groups attached to an aromatic ring is 1. The summed E-state index contributed by atoms with van der Waals surface area (Å²) in [6.45, 7) is 2.04. The second kappa shape index (κ2) is 3.79. The molecule has 5 nitrogen and oxygen atoms in total. The van der Waals surface area contributed by atoms with Gasteiger partial charge in [0, 0.05) is 25.6 Å². The van der Waals surface area contributed by atoms with Gasteiger partial charge in [-0.25, -0.2) is 0 Å². The molecule has 2 heterocycles. The molecule has 1 fully saturated rings. The molecular formula is C9H14N4O. The van der Waals surface area contributed by atoms with Crippen LogP contribution in [0.15, 0.2) is 12.1 Å². The summed E-state index contributed by atoms with van der Waals surface area (Å²) in [7, 11) is 0. The van der Waals surface area contributed by atoms with Gasteiger partial charge in [0.05, 0.1) is 0 Å². The minimum atomic E-state index is 0.249. The number of nitrogens with zero attached hydrogens (tertiary/aromatic N) is 3. The Labute approximate surface area is 82.6 Å². The highest BCUT2D eigenvalue weighted by atomic mass is 16.3. The van der Waals surface area contributed by atoms with Crippen LogP contribution in [0.3, 0.4) is 0 Å². The van der Waals surface area contributed by atoms with Crippen molar-refractivity contribution in [1.82, 2.24) is 10.2 Å². The first-order valence-electron chi connectivity index (χ1n) is 4.74. The molecule has 0 saturated carbocycles. The maximum atomic E-state index is 8.99. The summed E-state index contributed by atoms with van der Waals surface area (Å²) in [5.74, 6) is 1.65. The van der Waals surface area contributed by atoms with E-state index in [1.165, 1.54) is 0 Å². The molecule has 1 unspecified atom stereocenters. The Kier molecular flexibility index (Phi) is 2.49. The summed E-state index contributed by atoms with van der Waals surface area (Å²) in [5.41, 5.74) is 5.45. The van der Waals surface area contributed by atoms with E-state index in [-0.39, 0.29) is 6.61 Å². The van der Waals surface area contributed by atoms with Crippen molar-refractivity contribution in [3.63, 3.8) is 0 Å². The van der Waals surface area contributed by atoms with Crippen LogP contribution in [0.4, 0.5) is 11.6 Å². The molecule has 1 aromatic heterocycles. The van der Waals surface area contributed by atoms with Gasteiger partial charge in [-0.15, -0.1) is 10.2 Å². The third-order valence-electron chi connectivity index (χ3n) is 2.54. The summed E-state index contributed by atoms with van der Waals surface area (Å²) < 4.78 is 0. The van der Waals surface area contributed by atoms with Crippen molar-refractivity contribution in [3.05, 3.63) is 12.1 Å². The molecule has 0 aromatic carbocycles. The Morgan fingerprint density at radius 1 is 1.50 bits per heavy atom. The third-order valence-corrected chi connectivity index (χ3v) is 2.54. The van der Waals surface area contributed by atoms with Crippen molar-refractivity contribution in [1.29, 1.82) is 0 Å². The highest BCUT2D eigenvalue weighted by molar-refractivity contribution is 5.42. The van der Waals surface area contributed by atoms with Crippen LogP contribution in [0.2, 0.25) is 0 Å². The lowest BCUT2D eigenvalue weighted by Gasteiger charge is -2.15. The predicted octanol–water partition coefficient (Wildman–Crippen LogP) is -0.123. The van der Waals surface area contributed by atoms with Gasteiger partial charge in [0.25, 0.3) is 0 Å². The fraction of sp³-hybridized carbons (Fsp3) is 0.556. The molecule has 1 aliphatic heterocycles. The second-order valence-electron chi connectivity index (χ2n) is 3.60. The zero-order chi connectivity index (χ0) is 9.97. The topological polar surface area (TPSA) is 75.3 Å². The molecule has 76 valence electrons. The van der Waals surface area contributed by atoms with Crippen LogP contribution in [0, 0.1) is 5.92 Å². The summed E-state index contributed by atoms with van der Waals surface area (Å²) in [6.07, 6.45) is 1.02. The van der Waals surface area contributed by atoms with Crippen LogP contribution in [0.5, 0.6) is 0 Å². The predicted molar refractivity (Wildman–Crippen MR) is 53.9 cm³/mol. The van der Waals surface area contributed by atoms with Crippen molar-refractivity contribution in [2.75, 3.05) is 30.3 Å². The number of rotatable bonds is 2. The lowest BCUT2D eigenvalue weighted by atomic mass is 10.1. The van der Waals surface area contributed by atoms with Crippen LogP contribution in [0.25, 0.3) is 0 Å². The molecule has 1 saturated heterocycles. The normalized spacial score (nSPS) is 21.5. The monoisotopic (exact) mass is 194 g/mol. The molecule has 1 aromatic rings. The van der Waals surface area contributed by atoms with E-state index < -0.39 is 0 Å². The van der Waals surface area contributed by atoms with Crippen LogP contribution in [-0.4, -0.2) is 35.0 Å². The number of aliphatic hydroxyl groups is 1. The van der Waals surface area contributed by atoms with Gasteiger partial charge in [0.2, 0.25) is 0 Å². The molecule has 0 amide bonds. The molecule has 2 rings (SSSR count). The number of aliphatic hydroxyl groups excluding tert-OH is 1. The van der Waals surface area contributed by atoms with Crippen molar-refractivity contribution in [2.45, 2.75) is 6.42 Å². The van der Waals surface area contributed by atoms with E-state index in [1.54, 1.807) is 6.07 Å². The van der Waals surface area contributed by atoms with Crippen LogP contribution in [0.1, 0.15) is 6.42 Å². The van der Waals surface area contributed by atoms with E-state index in [0.29, 0.717) is 11.7 Å². The molecule has 1 atom stereocenters. The van der Waals surface area contributed by atoms with E-state index in [0.717, 1.165) is 25.3 Å². The van der Waals surface area contributed by atoms with Crippen LogP contribution < -0.4 is 10.6 Å². The Bertz CT molecular complexity index is 300. The number of aromatic nitrogens is 2. The van der Waals surface area contributed by atoms with E-state index in [1.807, 2.05) is 6.07 Å². The summed E-state index contributed by atoms with van der Waals surface area (Å²) >= 11 is 0. The van der Waals surface area contributed by atoms with Crippen molar-refractivity contribution in [3.8, 4) is 0 Å². The molecule has 1 aliphatic rings. The highest BCUT2D eigenvalue weighted by Crippen LogP contribution is 2.21. The molecule has 0 aliphatic carbocycles. The first-order valence-corrected chi connectivity index (χ1v) is 4.74. The number of nitrogens with two attached hydrogens (primary N) is 1. The molecule has 3 N–H and O–H groups in total. The fourth-order valence-corrected chi connectivity index (χ4v) is 1.69. The minimum Gasteiger partial charge on any atom is -0.396 e. The molecule has 14 heavy (non-hydrogen) atoms. The van der Waals surface area contributed by atoms with E-state index >= 15 is 0 Å². The van der Waals surface area contributed by atoms with Crippen LogP contribution in [-0.2, 0) is 0 Å².